The summed E-state index contributed by atoms with van der Waals surface area (Å²) in [6.07, 6.45) is 0. The van der Waals surface area contributed by atoms with E-state index < -0.39 is 10.0 Å². The molecule has 0 radical (unpaired) electrons. The average molecular weight is 373 g/mol. The van der Waals surface area contributed by atoms with E-state index in [1.807, 2.05) is 11.8 Å². The first-order valence-electron chi connectivity index (χ1n) is 7.56. The third-order valence-corrected chi connectivity index (χ3v) is 5.49. The first-order chi connectivity index (χ1) is 10.9. The molecule has 1 amide bonds. The number of hydrogen-bond acceptors (Lipinski definition) is 5. The van der Waals surface area contributed by atoms with Gasteiger partial charge in [-0.15, -0.1) is 16.8 Å². The summed E-state index contributed by atoms with van der Waals surface area (Å²) in [5.41, 5.74) is 0.552. The van der Waals surface area contributed by atoms with Crippen molar-refractivity contribution >= 4 is 34.2 Å². The number of rotatable bonds is 2. The van der Waals surface area contributed by atoms with Crippen molar-refractivity contribution < 1.29 is 13.2 Å². The quantitative estimate of drug-likeness (QED) is 0.808. The van der Waals surface area contributed by atoms with Crippen LogP contribution in [0, 0.1) is 0 Å². The highest BCUT2D eigenvalue weighted by Gasteiger charge is 2.32. The zero-order valence-electron chi connectivity index (χ0n) is 13.6. The lowest BCUT2D eigenvalue weighted by Crippen LogP contribution is -2.54. The van der Waals surface area contributed by atoms with Crippen LogP contribution in [0.4, 0.5) is 0 Å². The number of halogens is 1. The molecule has 3 rings (SSSR count). The number of benzene rings is 1. The lowest BCUT2D eigenvalue weighted by atomic mass is 10.2. The number of amides is 1. The first kappa shape index (κ1) is 18.7. The van der Waals surface area contributed by atoms with Crippen LogP contribution >= 0.6 is 12.4 Å². The van der Waals surface area contributed by atoms with Gasteiger partial charge in [0.1, 0.15) is 4.90 Å². The predicted octanol–water partition coefficient (Wildman–Crippen LogP) is 0.309. The van der Waals surface area contributed by atoms with Gasteiger partial charge >= 0.3 is 0 Å². The Hall–Kier alpha value is -1.64. The van der Waals surface area contributed by atoms with Gasteiger partial charge in [-0.1, -0.05) is 12.1 Å². The van der Waals surface area contributed by atoms with Crippen LogP contribution in [-0.2, 0) is 14.8 Å². The largest absolute Gasteiger partial charge is 0.349 e. The Bertz CT molecular complexity index is 766. The lowest BCUT2D eigenvalue weighted by molar-refractivity contribution is -0.134. The van der Waals surface area contributed by atoms with Crippen LogP contribution in [0.25, 0.3) is 0 Å². The van der Waals surface area contributed by atoms with E-state index in [1.165, 1.54) is 6.07 Å². The zero-order chi connectivity index (χ0) is 16.6. The van der Waals surface area contributed by atoms with E-state index in [9.17, 15) is 13.2 Å². The third kappa shape index (κ3) is 3.40. The maximum atomic E-state index is 12.5. The Balaban J connectivity index is 0.00000208. The van der Waals surface area contributed by atoms with Crippen molar-refractivity contribution in [2.75, 3.05) is 33.2 Å². The summed E-state index contributed by atoms with van der Waals surface area (Å²) in [5, 5.41) is 3.24. The van der Waals surface area contributed by atoms with Gasteiger partial charge in [-0.3, -0.25) is 4.79 Å². The molecule has 0 aromatic heterocycles. The minimum atomic E-state index is -3.66. The number of nitrogens with one attached hydrogen (secondary N) is 1. The fourth-order valence-corrected chi connectivity index (χ4v) is 4.20. The van der Waals surface area contributed by atoms with Crippen LogP contribution in [0.3, 0.4) is 0 Å². The molecule has 9 heteroatoms. The highest BCUT2D eigenvalue weighted by Crippen LogP contribution is 2.26. The van der Waals surface area contributed by atoms with Crippen LogP contribution in [0.2, 0.25) is 0 Å². The Morgan fingerprint density at radius 2 is 2.12 bits per heavy atom. The number of nitrogens with zero attached hydrogens (tertiary/aromatic N) is 3. The molecule has 2 aliphatic heterocycles. The van der Waals surface area contributed by atoms with E-state index in [2.05, 4.69) is 9.71 Å². The van der Waals surface area contributed by atoms with Gasteiger partial charge in [0.2, 0.25) is 5.91 Å². The summed E-state index contributed by atoms with van der Waals surface area (Å²) < 4.78 is 28.0. The van der Waals surface area contributed by atoms with Crippen LogP contribution in [0.5, 0.6) is 0 Å². The second kappa shape index (κ2) is 7.08. The Kier molecular flexibility index (Phi) is 5.52. The molecule has 0 saturated carbocycles. The van der Waals surface area contributed by atoms with E-state index in [0.29, 0.717) is 17.9 Å². The van der Waals surface area contributed by atoms with Crippen molar-refractivity contribution in [2.24, 2.45) is 4.40 Å². The molecular weight excluding hydrogens is 352 g/mol. The van der Waals surface area contributed by atoms with Crippen LogP contribution in [-0.4, -0.2) is 69.2 Å². The van der Waals surface area contributed by atoms with Gasteiger partial charge in [0.25, 0.3) is 10.0 Å². The van der Waals surface area contributed by atoms with Crippen LogP contribution < -0.4 is 5.32 Å². The number of carbonyl (C=O) groups excluding carboxylic acids is 1. The molecule has 1 N–H and O–H groups in total. The molecule has 132 valence electrons. The summed E-state index contributed by atoms with van der Waals surface area (Å²) in [6.45, 7) is 4.31. The fourth-order valence-electron chi connectivity index (χ4n) is 2.94. The number of fused-ring (bicyclic) bond motifs is 1. The summed E-state index contributed by atoms with van der Waals surface area (Å²) in [4.78, 5) is 16.1. The van der Waals surface area contributed by atoms with Gasteiger partial charge in [0.15, 0.2) is 5.84 Å². The standard InChI is InChI=1S/C15H20N4O3S.ClH/c1-11-9-16-7-8-19(11)14(20)10-18(2)15-12-5-3-4-6-13(12)23(21,22)17-15;/h3-6,11,16H,7-10H2,1-2H3;1H. The fraction of sp³-hybridized carbons (Fsp3) is 0.467. The summed E-state index contributed by atoms with van der Waals surface area (Å²) in [7, 11) is -1.96. The van der Waals surface area contributed by atoms with Crippen molar-refractivity contribution in [3.05, 3.63) is 29.8 Å². The van der Waals surface area contributed by atoms with Crippen molar-refractivity contribution in [1.29, 1.82) is 0 Å². The number of carbonyl (C=O) groups is 1. The number of likely N-dealkylation sites (N-methyl/N-ethyl adjacent to an activating group) is 1. The molecule has 1 saturated heterocycles. The van der Waals surface area contributed by atoms with Crippen molar-refractivity contribution in [3.63, 3.8) is 0 Å². The molecule has 2 aliphatic rings. The van der Waals surface area contributed by atoms with Crippen LogP contribution in [0.15, 0.2) is 33.6 Å². The number of hydrogen-bond donors (Lipinski definition) is 1. The van der Waals surface area contributed by atoms with Gasteiger partial charge in [-0.25, -0.2) is 0 Å². The predicted molar refractivity (Wildman–Crippen MR) is 94.1 cm³/mol. The van der Waals surface area contributed by atoms with E-state index in [4.69, 9.17) is 0 Å². The van der Waals surface area contributed by atoms with E-state index >= 15 is 0 Å². The first-order valence-corrected chi connectivity index (χ1v) is 9.00. The van der Waals surface area contributed by atoms with Gasteiger partial charge in [0, 0.05) is 38.3 Å². The summed E-state index contributed by atoms with van der Waals surface area (Å²) >= 11 is 0. The molecular formula is C15H21ClN4O3S. The van der Waals surface area contributed by atoms with Gasteiger partial charge in [-0.05, 0) is 19.1 Å². The lowest BCUT2D eigenvalue weighted by Gasteiger charge is -2.35. The molecule has 1 fully saturated rings. The number of amidine groups is 1. The highest BCUT2D eigenvalue weighted by molar-refractivity contribution is 7.90. The highest BCUT2D eigenvalue weighted by atomic mass is 35.5. The molecule has 2 heterocycles. The molecule has 1 aromatic rings. The summed E-state index contributed by atoms with van der Waals surface area (Å²) in [5.74, 6) is 0.308. The molecule has 1 unspecified atom stereocenters. The Labute approximate surface area is 148 Å². The van der Waals surface area contributed by atoms with Gasteiger partial charge in [-0.2, -0.15) is 8.42 Å². The van der Waals surface area contributed by atoms with Gasteiger partial charge in [0.05, 0.1) is 6.54 Å². The van der Waals surface area contributed by atoms with E-state index in [0.717, 1.165) is 13.1 Å². The number of sulfonamides is 1. The average Bonchev–Trinajstić information content (AvgIpc) is 2.80. The molecule has 1 aromatic carbocycles. The molecule has 7 nitrogen and oxygen atoms in total. The molecule has 24 heavy (non-hydrogen) atoms. The van der Waals surface area contributed by atoms with E-state index in [1.54, 1.807) is 30.1 Å². The topological polar surface area (TPSA) is 82.1 Å². The Morgan fingerprint density at radius 3 is 2.83 bits per heavy atom. The van der Waals surface area contributed by atoms with E-state index in [-0.39, 0.29) is 35.8 Å². The summed E-state index contributed by atoms with van der Waals surface area (Å²) in [6, 6.07) is 6.82. The van der Waals surface area contributed by atoms with Gasteiger partial charge < -0.3 is 15.1 Å². The maximum Gasteiger partial charge on any atom is 0.285 e. The SMILES string of the molecule is CC1CNCCN1C(=O)CN(C)C1=NS(=O)(=O)c2ccccc21.Cl. The second-order valence-electron chi connectivity index (χ2n) is 5.88. The maximum absolute atomic E-state index is 12.5. The molecule has 0 spiro atoms. The smallest absolute Gasteiger partial charge is 0.285 e. The number of piperazine rings is 1. The zero-order valence-corrected chi connectivity index (χ0v) is 15.2. The third-order valence-electron chi connectivity index (χ3n) is 4.17. The normalized spacial score (nSPS) is 21.5. The molecule has 0 bridgehead atoms. The van der Waals surface area contributed by atoms with Crippen molar-refractivity contribution in [2.45, 2.75) is 17.9 Å². The molecule has 0 aliphatic carbocycles. The Morgan fingerprint density at radius 1 is 1.42 bits per heavy atom. The molecule has 1 atom stereocenters. The monoisotopic (exact) mass is 372 g/mol. The van der Waals surface area contributed by atoms with Crippen LogP contribution in [0.1, 0.15) is 12.5 Å². The minimum Gasteiger partial charge on any atom is -0.349 e. The second-order valence-corrected chi connectivity index (χ2v) is 7.45. The van der Waals surface area contributed by atoms with Crippen molar-refractivity contribution in [3.8, 4) is 0 Å². The minimum absolute atomic E-state index is 0. The van der Waals surface area contributed by atoms with Crippen molar-refractivity contribution in [1.82, 2.24) is 15.1 Å².